The summed E-state index contributed by atoms with van der Waals surface area (Å²) in [7, 11) is 0. The Morgan fingerprint density at radius 3 is 1.91 bits per heavy atom. The summed E-state index contributed by atoms with van der Waals surface area (Å²) in [5, 5.41) is 2.93. The normalized spacial score (nSPS) is 12.0. The van der Waals surface area contributed by atoms with Crippen molar-refractivity contribution >= 4 is 18.2 Å². The molecule has 0 aliphatic heterocycles. The molecule has 1 heterocycles. The Hall–Kier alpha value is -3.53. The van der Waals surface area contributed by atoms with Crippen LogP contribution in [-0.2, 0) is 11.3 Å². The number of ether oxygens (including phenoxy) is 1. The largest absolute Gasteiger partial charge is 0.449 e. The van der Waals surface area contributed by atoms with Crippen molar-refractivity contribution < 1.29 is 9.53 Å². The quantitative estimate of drug-likeness (QED) is 0.328. The molecule has 1 amide bonds. The van der Waals surface area contributed by atoms with Gasteiger partial charge in [0.05, 0.1) is 0 Å². The van der Waals surface area contributed by atoms with Gasteiger partial charge in [-0.3, -0.25) is 0 Å². The number of alkyl carbamates (subject to hydrolysis) is 1. The van der Waals surface area contributed by atoms with Crippen LogP contribution in [0.25, 0.3) is 23.3 Å². The lowest BCUT2D eigenvalue weighted by atomic mass is 9.98. The molecule has 35 heavy (non-hydrogen) atoms. The van der Waals surface area contributed by atoms with Crippen LogP contribution in [0.5, 0.6) is 0 Å². The molecule has 4 nitrogen and oxygen atoms in total. The van der Waals surface area contributed by atoms with Crippen molar-refractivity contribution in [3.63, 3.8) is 0 Å². The van der Waals surface area contributed by atoms with Crippen LogP contribution in [-0.4, -0.2) is 23.8 Å². The molecule has 1 aliphatic rings. The number of unbranched alkanes of at least 4 members (excludes halogenated alkanes) is 1. The van der Waals surface area contributed by atoms with E-state index in [9.17, 15) is 4.79 Å². The van der Waals surface area contributed by atoms with E-state index >= 15 is 0 Å². The van der Waals surface area contributed by atoms with E-state index in [-0.39, 0.29) is 12.0 Å². The molecular formula is C31H36N2O2. The summed E-state index contributed by atoms with van der Waals surface area (Å²) < 4.78 is 8.00. The summed E-state index contributed by atoms with van der Waals surface area (Å²) in [4.78, 5) is 12.4. The molecule has 1 aliphatic carbocycles. The van der Waals surface area contributed by atoms with E-state index in [0.717, 1.165) is 19.4 Å². The fourth-order valence-electron chi connectivity index (χ4n) is 4.84. The number of fused-ring (bicyclic) bond motifs is 3. The number of nitrogens with one attached hydrogen (secondary N) is 1. The van der Waals surface area contributed by atoms with Gasteiger partial charge in [0.15, 0.2) is 0 Å². The third-order valence-corrected chi connectivity index (χ3v) is 6.34. The molecule has 0 radical (unpaired) electrons. The monoisotopic (exact) mass is 468 g/mol. The van der Waals surface area contributed by atoms with Gasteiger partial charge < -0.3 is 14.6 Å². The van der Waals surface area contributed by atoms with Gasteiger partial charge in [-0.05, 0) is 87.1 Å². The summed E-state index contributed by atoms with van der Waals surface area (Å²) in [5.41, 5.74) is 9.95. The first kappa shape index (κ1) is 24.6. The Kier molecular flexibility index (Phi) is 7.91. The standard InChI is InChI=1S/C31H36N2O2/c1-22(2)19-24-15-16-25(20-23(3)4)33(24)18-10-9-17-32-31(34)35-21-30-28-13-7-5-11-26(28)27-12-6-8-14-29(27)30/h5-8,11-16,19-20,30H,9-10,17-18,21H2,1-4H3,(H,32,34). The van der Waals surface area contributed by atoms with Gasteiger partial charge in [-0.2, -0.15) is 0 Å². The first-order chi connectivity index (χ1) is 16.9. The highest BCUT2D eigenvalue weighted by Crippen LogP contribution is 2.44. The Bertz CT molecular complexity index is 1160. The van der Waals surface area contributed by atoms with Crippen molar-refractivity contribution in [2.45, 2.75) is 53.0 Å². The van der Waals surface area contributed by atoms with Gasteiger partial charge >= 0.3 is 6.09 Å². The molecule has 0 unspecified atom stereocenters. The molecule has 1 N–H and O–H groups in total. The zero-order valence-corrected chi connectivity index (χ0v) is 21.3. The van der Waals surface area contributed by atoms with Crippen molar-refractivity contribution in [3.05, 3.63) is 94.3 Å². The summed E-state index contributed by atoms with van der Waals surface area (Å²) in [6, 6.07) is 21.1. The predicted molar refractivity (Wildman–Crippen MR) is 145 cm³/mol. The molecule has 0 atom stereocenters. The molecule has 0 spiro atoms. The zero-order valence-electron chi connectivity index (χ0n) is 21.3. The Labute approximate surface area is 209 Å². The average Bonchev–Trinajstić information content (AvgIpc) is 3.35. The van der Waals surface area contributed by atoms with Gasteiger partial charge in [-0.1, -0.05) is 59.7 Å². The van der Waals surface area contributed by atoms with Crippen LogP contribution in [0.3, 0.4) is 0 Å². The van der Waals surface area contributed by atoms with Gasteiger partial charge in [0, 0.05) is 30.4 Å². The predicted octanol–water partition coefficient (Wildman–Crippen LogP) is 7.65. The van der Waals surface area contributed by atoms with E-state index in [1.54, 1.807) is 0 Å². The van der Waals surface area contributed by atoms with Crippen LogP contribution in [0.1, 0.15) is 69.0 Å². The van der Waals surface area contributed by atoms with E-state index in [1.165, 1.54) is 44.8 Å². The summed E-state index contributed by atoms with van der Waals surface area (Å²) >= 11 is 0. The topological polar surface area (TPSA) is 43.3 Å². The third-order valence-electron chi connectivity index (χ3n) is 6.34. The van der Waals surface area contributed by atoms with Crippen molar-refractivity contribution in [1.29, 1.82) is 0 Å². The number of nitrogens with zero attached hydrogens (tertiary/aromatic N) is 1. The number of aromatic nitrogens is 1. The lowest BCUT2D eigenvalue weighted by molar-refractivity contribution is 0.143. The molecular weight excluding hydrogens is 432 g/mol. The summed E-state index contributed by atoms with van der Waals surface area (Å²) in [6.07, 6.45) is 5.97. The van der Waals surface area contributed by atoms with Crippen LogP contribution in [0.15, 0.2) is 71.8 Å². The second kappa shape index (κ2) is 11.3. The molecule has 0 saturated carbocycles. The van der Waals surface area contributed by atoms with E-state index in [0.29, 0.717) is 13.2 Å². The second-order valence-corrected chi connectivity index (χ2v) is 9.74. The minimum Gasteiger partial charge on any atom is -0.449 e. The average molecular weight is 469 g/mol. The molecule has 0 bridgehead atoms. The zero-order chi connectivity index (χ0) is 24.8. The van der Waals surface area contributed by atoms with Crippen LogP contribution < -0.4 is 5.32 Å². The van der Waals surface area contributed by atoms with Gasteiger partial charge in [-0.25, -0.2) is 4.79 Å². The van der Waals surface area contributed by atoms with Gasteiger partial charge in [0.2, 0.25) is 0 Å². The fraction of sp³-hybridized carbons (Fsp3) is 0.323. The molecule has 0 fully saturated rings. The van der Waals surface area contributed by atoms with E-state index < -0.39 is 0 Å². The molecule has 182 valence electrons. The number of hydrogen-bond acceptors (Lipinski definition) is 2. The van der Waals surface area contributed by atoms with Gasteiger partial charge in [-0.15, -0.1) is 0 Å². The first-order valence-corrected chi connectivity index (χ1v) is 12.5. The summed E-state index contributed by atoms with van der Waals surface area (Å²) in [5.74, 6) is 0.0869. The van der Waals surface area contributed by atoms with Gasteiger partial charge in [0.25, 0.3) is 0 Å². The Balaban J connectivity index is 1.27. The van der Waals surface area contributed by atoms with Crippen molar-refractivity contribution in [2.75, 3.05) is 13.2 Å². The van der Waals surface area contributed by atoms with E-state index in [1.807, 2.05) is 0 Å². The Morgan fingerprint density at radius 2 is 1.37 bits per heavy atom. The molecule has 2 aromatic carbocycles. The lowest BCUT2D eigenvalue weighted by Gasteiger charge is -2.15. The number of amides is 1. The fourth-order valence-corrected chi connectivity index (χ4v) is 4.84. The number of carbonyl (C=O) groups is 1. The maximum Gasteiger partial charge on any atom is 0.407 e. The van der Waals surface area contributed by atoms with Crippen molar-refractivity contribution in [2.24, 2.45) is 0 Å². The molecule has 1 aromatic heterocycles. The third kappa shape index (κ3) is 5.94. The maximum atomic E-state index is 12.4. The number of allylic oxidation sites excluding steroid dienone is 2. The van der Waals surface area contributed by atoms with E-state index in [4.69, 9.17) is 4.74 Å². The summed E-state index contributed by atoms with van der Waals surface area (Å²) in [6.45, 7) is 10.4. The number of carbonyl (C=O) groups excluding carboxylic acids is 1. The molecule has 3 aromatic rings. The number of hydrogen-bond donors (Lipinski definition) is 1. The van der Waals surface area contributed by atoms with Crippen LogP contribution in [0, 0.1) is 0 Å². The molecule has 4 heteroatoms. The molecule has 4 rings (SSSR count). The highest BCUT2D eigenvalue weighted by Gasteiger charge is 2.28. The SMILES string of the molecule is CC(C)=Cc1ccc(C=C(C)C)n1CCCCNC(=O)OCC1c2ccccc2-c2ccccc21. The van der Waals surface area contributed by atoms with Gasteiger partial charge in [0.1, 0.15) is 6.61 Å². The second-order valence-electron chi connectivity index (χ2n) is 9.74. The smallest absolute Gasteiger partial charge is 0.407 e. The number of benzene rings is 2. The van der Waals surface area contributed by atoms with Crippen LogP contribution in [0.4, 0.5) is 4.79 Å². The van der Waals surface area contributed by atoms with Crippen LogP contribution in [0.2, 0.25) is 0 Å². The lowest BCUT2D eigenvalue weighted by Crippen LogP contribution is -2.27. The Morgan fingerprint density at radius 1 is 0.829 bits per heavy atom. The maximum absolute atomic E-state index is 12.4. The van der Waals surface area contributed by atoms with E-state index in [2.05, 4.69) is 110 Å². The highest BCUT2D eigenvalue weighted by molar-refractivity contribution is 5.79. The highest BCUT2D eigenvalue weighted by atomic mass is 16.5. The number of rotatable bonds is 9. The minimum atomic E-state index is -0.344. The first-order valence-electron chi connectivity index (χ1n) is 12.5. The van der Waals surface area contributed by atoms with Crippen LogP contribution >= 0.6 is 0 Å². The van der Waals surface area contributed by atoms with Crippen molar-refractivity contribution in [1.82, 2.24) is 9.88 Å². The molecule has 0 saturated heterocycles. The minimum absolute atomic E-state index is 0.0869. The van der Waals surface area contributed by atoms with Crippen molar-refractivity contribution in [3.8, 4) is 11.1 Å².